The van der Waals surface area contributed by atoms with Crippen LogP contribution in [0, 0.1) is 0 Å². The van der Waals surface area contributed by atoms with E-state index in [0.717, 1.165) is 10.6 Å². The molecule has 0 amide bonds. The molecule has 16 heavy (non-hydrogen) atoms. The number of rotatable bonds is 3. The lowest BCUT2D eigenvalue weighted by atomic mass is 10.2. The molecule has 0 aliphatic rings. The molecule has 0 fully saturated rings. The quantitative estimate of drug-likeness (QED) is 0.707. The molecule has 0 N–H and O–H groups in total. The van der Waals surface area contributed by atoms with Crippen LogP contribution in [0.15, 0.2) is 59.6 Å². The van der Waals surface area contributed by atoms with E-state index in [4.69, 9.17) is 11.6 Å². The van der Waals surface area contributed by atoms with Crippen LogP contribution in [-0.4, -0.2) is 6.21 Å². The van der Waals surface area contributed by atoms with Gasteiger partial charge in [0.2, 0.25) is 0 Å². The predicted molar refractivity (Wildman–Crippen MR) is 69.2 cm³/mol. The van der Waals surface area contributed by atoms with Crippen LogP contribution < -0.4 is 0 Å². The molecular weight excluding hydrogens is 218 g/mol. The van der Waals surface area contributed by atoms with Crippen LogP contribution in [0.3, 0.4) is 0 Å². The maximum atomic E-state index is 6.01. The summed E-state index contributed by atoms with van der Waals surface area (Å²) in [7, 11) is 0. The van der Waals surface area contributed by atoms with Crippen LogP contribution in [0.4, 0.5) is 0 Å². The molecule has 0 saturated heterocycles. The molecule has 0 aliphatic heterocycles. The minimum absolute atomic E-state index is 0.687. The van der Waals surface area contributed by atoms with Gasteiger partial charge in [0.05, 0.1) is 6.54 Å². The van der Waals surface area contributed by atoms with Gasteiger partial charge in [-0.1, -0.05) is 60.1 Å². The van der Waals surface area contributed by atoms with E-state index in [2.05, 4.69) is 17.1 Å². The summed E-state index contributed by atoms with van der Waals surface area (Å²) in [5.74, 6) is 0. The molecule has 0 atom stereocenters. The molecule has 0 aromatic heterocycles. The van der Waals surface area contributed by atoms with Crippen LogP contribution in [0.2, 0.25) is 5.02 Å². The minimum atomic E-state index is 0.687. The van der Waals surface area contributed by atoms with Gasteiger partial charge >= 0.3 is 0 Å². The van der Waals surface area contributed by atoms with Crippen LogP contribution >= 0.6 is 11.6 Å². The zero-order valence-corrected chi connectivity index (χ0v) is 9.56. The van der Waals surface area contributed by atoms with E-state index in [0.29, 0.717) is 6.54 Å². The van der Waals surface area contributed by atoms with E-state index in [1.54, 1.807) is 0 Å². The predicted octanol–water partition coefficient (Wildman–Crippen LogP) is 3.96. The molecule has 0 saturated carbocycles. The average Bonchev–Trinajstić information content (AvgIpc) is 2.33. The SMILES string of the molecule is Clc1ccccc1/C=N/Cc1ccccc1. The van der Waals surface area contributed by atoms with Crippen molar-refractivity contribution < 1.29 is 0 Å². The third kappa shape index (κ3) is 2.94. The minimum Gasteiger partial charge on any atom is -0.288 e. The van der Waals surface area contributed by atoms with Crippen molar-refractivity contribution in [3.05, 3.63) is 70.7 Å². The maximum absolute atomic E-state index is 6.01. The highest BCUT2D eigenvalue weighted by Gasteiger charge is 1.93. The lowest BCUT2D eigenvalue weighted by molar-refractivity contribution is 1.08. The van der Waals surface area contributed by atoms with Gasteiger partial charge in [-0.15, -0.1) is 0 Å². The second-order valence-corrected chi connectivity index (χ2v) is 3.88. The van der Waals surface area contributed by atoms with Crippen LogP contribution in [-0.2, 0) is 6.54 Å². The van der Waals surface area contributed by atoms with E-state index in [1.165, 1.54) is 5.56 Å². The number of benzene rings is 2. The normalized spacial score (nSPS) is 10.8. The van der Waals surface area contributed by atoms with Gasteiger partial charge < -0.3 is 0 Å². The summed E-state index contributed by atoms with van der Waals surface area (Å²) in [6, 6.07) is 17.8. The van der Waals surface area contributed by atoms with Gasteiger partial charge in [0, 0.05) is 16.8 Å². The first-order chi connectivity index (χ1) is 7.86. The van der Waals surface area contributed by atoms with Crippen molar-refractivity contribution in [3.8, 4) is 0 Å². The Bertz CT molecular complexity index is 477. The van der Waals surface area contributed by atoms with E-state index >= 15 is 0 Å². The molecule has 0 aliphatic carbocycles. The highest BCUT2D eigenvalue weighted by atomic mass is 35.5. The van der Waals surface area contributed by atoms with Crippen LogP contribution in [0.25, 0.3) is 0 Å². The number of nitrogens with zero attached hydrogens (tertiary/aromatic N) is 1. The molecule has 0 spiro atoms. The average molecular weight is 230 g/mol. The highest BCUT2D eigenvalue weighted by Crippen LogP contribution is 2.12. The van der Waals surface area contributed by atoms with E-state index in [1.807, 2.05) is 48.7 Å². The highest BCUT2D eigenvalue weighted by molar-refractivity contribution is 6.33. The Labute approximate surface area is 100 Å². The van der Waals surface area contributed by atoms with E-state index < -0.39 is 0 Å². The summed E-state index contributed by atoms with van der Waals surface area (Å²) in [6.45, 7) is 0.687. The third-order valence-electron chi connectivity index (χ3n) is 2.25. The Morgan fingerprint density at radius 3 is 2.38 bits per heavy atom. The van der Waals surface area contributed by atoms with Gasteiger partial charge in [0.15, 0.2) is 0 Å². The summed E-state index contributed by atoms with van der Waals surface area (Å²) < 4.78 is 0. The number of hydrogen-bond donors (Lipinski definition) is 0. The van der Waals surface area contributed by atoms with Crippen molar-refractivity contribution in [3.63, 3.8) is 0 Å². The first kappa shape index (κ1) is 10.9. The third-order valence-corrected chi connectivity index (χ3v) is 2.60. The number of hydrogen-bond acceptors (Lipinski definition) is 1. The molecule has 0 bridgehead atoms. The topological polar surface area (TPSA) is 12.4 Å². The lowest BCUT2D eigenvalue weighted by Crippen LogP contribution is -1.85. The molecule has 80 valence electrons. The molecule has 0 heterocycles. The zero-order valence-electron chi connectivity index (χ0n) is 8.81. The van der Waals surface area contributed by atoms with E-state index in [9.17, 15) is 0 Å². The molecule has 0 radical (unpaired) electrons. The summed E-state index contributed by atoms with van der Waals surface area (Å²) in [5, 5.41) is 0.735. The van der Waals surface area contributed by atoms with Crippen molar-refractivity contribution in [2.45, 2.75) is 6.54 Å². The van der Waals surface area contributed by atoms with Gasteiger partial charge in [0.25, 0.3) is 0 Å². The molecule has 2 heteroatoms. The standard InChI is InChI=1S/C14H12ClN/c15-14-9-5-4-8-13(14)11-16-10-12-6-2-1-3-7-12/h1-9,11H,10H2/b16-11+. The number of aliphatic imine (C=N–C) groups is 1. The number of halogens is 1. The van der Waals surface area contributed by atoms with Gasteiger partial charge in [-0.05, 0) is 11.6 Å². The zero-order chi connectivity index (χ0) is 11.2. The van der Waals surface area contributed by atoms with Crippen molar-refractivity contribution in [1.82, 2.24) is 0 Å². The first-order valence-electron chi connectivity index (χ1n) is 5.14. The smallest absolute Gasteiger partial charge is 0.0639 e. The Kier molecular flexibility index (Phi) is 3.73. The maximum Gasteiger partial charge on any atom is 0.0639 e. The fourth-order valence-electron chi connectivity index (χ4n) is 1.41. The first-order valence-corrected chi connectivity index (χ1v) is 5.52. The fraction of sp³-hybridized carbons (Fsp3) is 0.0714. The van der Waals surface area contributed by atoms with Crippen LogP contribution in [0.1, 0.15) is 11.1 Å². The Morgan fingerprint density at radius 2 is 1.62 bits per heavy atom. The second-order valence-electron chi connectivity index (χ2n) is 3.48. The monoisotopic (exact) mass is 229 g/mol. The largest absolute Gasteiger partial charge is 0.288 e. The van der Waals surface area contributed by atoms with Gasteiger partial charge in [0.1, 0.15) is 0 Å². The second kappa shape index (κ2) is 5.47. The Balaban J connectivity index is 2.03. The van der Waals surface area contributed by atoms with Gasteiger partial charge in [-0.25, -0.2) is 0 Å². The molecule has 2 rings (SSSR count). The van der Waals surface area contributed by atoms with E-state index in [-0.39, 0.29) is 0 Å². The van der Waals surface area contributed by atoms with Gasteiger partial charge in [-0.3, -0.25) is 4.99 Å². The lowest BCUT2D eigenvalue weighted by Gasteiger charge is -1.97. The molecular formula is C14H12ClN. The molecule has 2 aromatic carbocycles. The summed E-state index contributed by atoms with van der Waals surface area (Å²) in [4.78, 5) is 4.36. The summed E-state index contributed by atoms with van der Waals surface area (Å²) in [5.41, 5.74) is 2.16. The van der Waals surface area contributed by atoms with Crippen LogP contribution in [0.5, 0.6) is 0 Å². The molecule has 1 nitrogen and oxygen atoms in total. The van der Waals surface area contributed by atoms with Crippen molar-refractivity contribution >= 4 is 17.8 Å². The van der Waals surface area contributed by atoms with Crippen molar-refractivity contribution in [2.75, 3.05) is 0 Å². The Morgan fingerprint density at radius 1 is 0.938 bits per heavy atom. The summed E-state index contributed by atoms with van der Waals surface area (Å²) >= 11 is 6.01. The van der Waals surface area contributed by atoms with Crippen molar-refractivity contribution in [1.29, 1.82) is 0 Å². The molecule has 2 aromatic rings. The van der Waals surface area contributed by atoms with Gasteiger partial charge in [-0.2, -0.15) is 0 Å². The fourth-order valence-corrected chi connectivity index (χ4v) is 1.60. The van der Waals surface area contributed by atoms with Crippen molar-refractivity contribution in [2.24, 2.45) is 4.99 Å². The molecule has 0 unspecified atom stereocenters. The summed E-state index contributed by atoms with van der Waals surface area (Å²) in [6.07, 6.45) is 1.81. The Hall–Kier alpha value is -1.60.